The lowest BCUT2D eigenvalue weighted by Gasteiger charge is -2.25. The summed E-state index contributed by atoms with van der Waals surface area (Å²) in [6.07, 6.45) is 3.22. The summed E-state index contributed by atoms with van der Waals surface area (Å²) in [6.45, 7) is 4.33. The van der Waals surface area contributed by atoms with Crippen LogP contribution in [-0.4, -0.2) is 33.2 Å². The number of aromatic nitrogens is 3. The van der Waals surface area contributed by atoms with Crippen LogP contribution in [-0.2, 0) is 16.9 Å². The smallest absolute Gasteiger partial charge is 0.312 e. The normalized spacial score (nSPS) is 15.2. The van der Waals surface area contributed by atoms with Crippen molar-refractivity contribution in [2.45, 2.75) is 51.2 Å². The average Bonchev–Trinajstić information content (AvgIpc) is 3.41. The van der Waals surface area contributed by atoms with Crippen LogP contribution in [0.3, 0.4) is 0 Å². The highest BCUT2D eigenvalue weighted by Crippen LogP contribution is 2.40. The predicted octanol–water partition coefficient (Wildman–Crippen LogP) is 5.45. The molecule has 4 aromatic rings. The zero-order valence-corrected chi connectivity index (χ0v) is 21.3. The molecular weight excluding hydrogens is 466 g/mol. The number of methoxy groups -OCH3 is 1. The number of carbonyl (C=O) groups excluding carboxylic acids is 1. The van der Waals surface area contributed by atoms with Crippen LogP contribution in [0.25, 0.3) is 11.1 Å². The summed E-state index contributed by atoms with van der Waals surface area (Å²) in [6, 6.07) is 22.3. The van der Waals surface area contributed by atoms with E-state index in [0.717, 1.165) is 33.6 Å². The Labute approximate surface area is 216 Å². The molecule has 1 aliphatic rings. The summed E-state index contributed by atoms with van der Waals surface area (Å²) in [5.41, 5.74) is 4.81. The van der Waals surface area contributed by atoms with Gasteiger partial charge in [-0.3, -0.25) is 4.79 Å². The number of benzene rings is 3. The molecule has 1 aliphatic heterocycles. The molecule has 3 aromatic carbocycles. The largest absolute Gasteiger partial charge is 0.497 e. The second kappa shape index (κ2) is 10.2. The van der Waals surface area contributed by atoms with Crippen LogP contribution in [0.2, 0.25) is 0 Å². The lowest BCUT2D eigenvalue weighted by molar-refractivity contribution is -0.135. The van der Waals surface area contributed by atoms with E-state index in [1.54, 1.807) is 18.0 Å². The summed E-state index contributed by atoms with van der Waals surface area (Å²) in [7, 11) is 1.66. The molecule has 1 atom stereocenters. The molecule has 0 aliphatic carbocycles. The standard InChI is InChI=1S/C30H31N3O4/c1-4-30(35,5-2)28-19-33(32-31-28)18-20-6-15-25-26(17-29(34)37-27(25)16-20)23-9-7-21(8-10-23)22-11-13-24(36-3)14-12-22/h6-16,19,26,35H,4-5,17-18H2,1-3H3. The number of hydrogen-bond donors (Lipinski definition) is 1. The average molecular weight is 498 g/mol. The van der Waals surface area contributed by atoms with Gasteiger partial charge in [0.25, 0.3) is 0 Å². The molecule has 0 fully saturated rings. The predicted molar refractivity (Wildman–Crippen MR) is 141 cm³/mol. The SMILES string of the molecule is CCC(O)(CC)c1cn(Cc2ccc3c(c2)OC(=O)CC3c2ccc(-c3ccc(OC)cc3)cc2)nn1. The van der Waals surface area contributed by atoms with Crippen molar-refractivity contribution < 1.29 is 19.4 Å². The second-order valence-electron chi connectivity index (χ2n) is 9.49. The van der Waals surface area contributed by atoms with Crippen molar-refractivity contribution in [2.24, 2.45) is 0 Å². The van der Waals surface area contributed by atoms with E-state index >= 15 is 0 Å². The number of carbonyl (C=O) groups is 1. The Morgan fingerprint density at radius 3 is 2.35 bits per heavy atom. The van der Waals surface area contributed by atoms with Gasteiger partial charge in [0.1, 0.15) is 22.8 Å². The number of aliphatic hydroxyl groups is 1. The summed E-state index contributed by atoms with van der Waals surface area (Å²) in [4.78, 5) is 12.5. The van der Waals surface area contributed by atoms with Gasteiger partial charge in [-0.1, -0.05) is 67.6 Å². The zero-order valence-electron chi connectivity index (χ0n) is 21.3. The summed E-state index contributed by atoms with van der Waals surface area (Å²) in [5, 5.41) is 19.1. The molecule has 190 valence electrons. The number of hydrogen-bond acceptors (Lipinski definition) is 6. The highest BCUT2D eigenvalue weighted by molar-refractivity contribution is 5.78. The number of rotatable bonds is 8. The van der Waals surface area contributed by atoms with Gasteiger partial charge in [0.05, 0.1) is 26.3 Å². The third-order valence-electron chi connectivity index (χ3n) is 7.31. The van der Waals surface area contributed by atoms with E-state index in [1.165, 1.54) is 0 Å². The first-order chi connectivity index (χ1) is 17.9. The topological polar surface area (TPSA) is 86.5 Å². The van der Waals surface area contributed by atoms with Crippen molar-refractivity contribution in [1.82, 2.24) is 15.0 Å². The molecule has 1 aromatic heterocycles. The number of nitrogens with zero attached hydrogens (tertiary/aromatic N) is 3. The van der Waals surface area contributed by atoms with Gasteiger partial charge in [-0.15, -0.1) is 5.10 Å². The Balaban J connectivity index is 1.37. The Morgan fingerprint density at radius 1 is 1.03 bits per heavy atom. The van der Waals surface area contributed by atoms with Crippen molar-refractivity contribution in [3.05, 3.63) is 95.3 Å². The van der Waals surface area contributed by atoms with Crippen LogP contribution >= 0.6 is 0 Å². The minimum atomic E-state index is -0.972. The molecule has 0 saturated heterocycles. The molecule has 2 heterocycles. The first kappa shape index (κ1) is 24.7. The highest BCUT2D eigenvalue weighted by atomic mass is 16.5. The van der Waals surface area contributed by atoms with Gasteiger partial charge in [0, 0.05) is 11.5 Å². The Kier molecular flexibility index (Phi) is 6.80. The van der Waals surface area contributed by atoms with Gasteiger partial charge in [-0.05, 0) is 53.3 Å². The van der Waals surface area contributed by atoms with Crippen LogP contribution in [0.5, 0.6) is 11.5 Å². The van der Waals surface area contributed by atoms with Crippen molar-refractivity contribution in [3.63, 3.8) is 0 Å². The minimum absolute atomic E-state index is 0.0719. The molecule has 0 saturated carbocycles. The van der Waals surface area contributed by atoms with Gasteiger partial charge in [0.15, 0.2) is 0 Å². The maximum Gasteiger partial charge on any atom is 0.312 e. The first-order valence-corrected chi connectivity index (χ1v) is 12.6. The quantitative estimate of drug-likeness (QED) is 0.257. The lowest BCUT2D eigenvalue weighted by atomic mass is 9.85. The number of ether oxygens (including phenoxy) is 2. The molecule has 7 nitrogen and oxygen atoms in total. The minimum Gasteiger partial charge on any atom is -0.497 e. The summed E-state index contributed by atoms with van der Waals surface area (Å²) >= 11 is 0. The van der Waals surface area contributed by atoms with Crippen LogP contribution in [0, 0.1) is 0 Å². The summed E-state index contributed by atoms with van der Waals surface area (Å²) < 4.78 is 12.6. The fourth-order valence-electron chi connectivity index (χ4n) is 4.87. The number of fused-ring (bicyclic) bond motifs is 1. The second-order valence-corrected chi connectivity index (χ2v) is 9.49. The molecule has 37 heavy (non-hydrogen) atoms. The van der Waals surface area contributed by atoms with Crippen molar-refractivity contribution in [3.8, 4) is 22.6 Å². The highest BCUT2D eigenvalue weighted by Gasteiger charge is 2.30. The van der Waals surface area contributed by atoms with Crippen LogP contribution in [0.15, 0.2) is 72.9 Å². The van der Waals surface area contributed by atoms with Crippen molar-refractivity contribution in [1.29, 1.82) is 0 Å². The van der Waals surface area contributed by atoms with E-state index in [1.807, 2.05) is 56.3 Å². The maximum absolute atomic E-state index is 12.5. The molecule has 7 heteroatoms. The zero-order chi connectivity index (χ0) is 26.0. The van der Waals surface area contributed by atoms with E-state index in [9.17, 15) is 9.90 Å². The van der Waals surface area contributed by atoms with Crippen LogP contribution in [0.1, 0.15) is 61.4 Å². The molecule has 0 radical (unpaired) electrons. The van der Waals surface area contributed by atoms with Gasteiger partial charge >= 0.3 is 5.97 Å². The molecule has 0 bridgehead atoms. The Morgan fingerprint density at radius 2 is 1.70 bits per heavy atom. The molecule has 0 amide bonds. The molecule has 0 spiro atoms. The molecule has 1 N–H and O–H groups in total. The van der Waals surface area contributed by atoms with E-state index in [-0.39, 0.29) is 11.9 Å². The Bertz CT molecular complexity index is 1390. The fourth-order valence-corrected chi connectivity index (χ4v) is 4.87. The third-order valence-corrected chi connectivity index (χ3v) is 7.31. The van der Waals surface area contributed by atoms with E-state index in [4.69, 9.17) is 9.47 Å². The van der Waals surface area contributed by atoms with Gasteiger partial charge in [0.2, 0.25) is 0 Å². The number of esters is 1. The monoisotopic (exact) mass is 497 g/mol. The Hall–Kier alpha value is -3.97. The molecule has 1 unspecified atom stereocenters. The molecule has 5 rings (SSSR count). The van der Waals surface area contributed by atoms with Crippen LogP contribution < -0.4 is 9.47 Å². The fraction of sp³-hybridized carbons (Fsp3) is 0.300. The molecular formula is C30H31N3O4. The van der Waals surface area contributed by atoms with Crippen molar-refractivity contribution >= 4 is 5.97 Å². The van der Waals surface area contributed by atoms with E-state index in [2.05, 4.69) is 34.6 Å². The maximum atomic E-state index is 12.5. The van der Waals surface area contributed by atoms with Gasteiger partial charge in [-0.25, -0.2) is 4.68 Å². The summed E-state index contributed by atoms with van der Waals surface area (Å²) in [5.74, 6) is 1.09. The van der Waals surface area contributed by atoms with E-state index < -0.39 is 5.60 Å². The van der Waals surface area contributed by atoms with Crippen LogP contribution in [0.4, 0.5) is 0 Å². The van der Waals surface area contributed by atoms with Gasteiger partial charge in [-0.2, -0.15) is 0 Å². The third kappa shape index (κ3) is 5.00. The van der Waals surface area contributed by atoms with Gasteiger partial charge < -0.3 is 14.6 Å². The first-order valence-electron chi connectivity index (χ1n) is 12.6. The van der Waals surface area contributed by atoms with Crippen molar-refractivity contribution in [2.75, 3.05) is 7.11 Å². The lowest BCUT2D eigenvalue weighted by Crippen LogP contribution is -2.24. The van der Waals surface area contributed by atoms with E-state index in [0.29, 0.717) is 37.3 Å².